The van der Waals surface area contributed by atoms with Gasteiger partial charge in [-0.25, -0.2) is 0 Å². The molecule has 0 aromatic rings. The van der Waals surface area contributed by atoms with Gasteiger partial charge in [-0.15, -0.1) is 0 Å². The predicted molar refractivity (Wildman–Crippen MR) is 311 cm³/mol. The van der Waals surface area contributed by atoms with Crippen LogP contribution < -0.4 is 0 Å². The summed E-state index contributed by atoms with van der Waals surface area (Å²) in [7, 11) is 0. The topological polar surface area (TPSA) is 78.9 Å². The van der Waals surface area contributed by atoms with Gasteiger partial charge < -0.3 is 14.2 Å². The number of hydrogen-bond acceptors (Lipinski definition) is 6. The fourth-order valence-electron chi connectivity index (χ4n) is 6.86. The smallest absolute Gasteiger partial charge is 0.306 e. The Morgan fingerprint density at radius 2 is 0.528 bits per heavy atom. The SMILES string of the molecule is CC/C=C\C/C=C\C/C=C\C/C=C\C/C=C\CCCCCC(=O)OCC(COC(=O)CC/C=C\C/C=C\C/C=C\C/C=C\C/C=C\CC)OC(=O)CCCCCCCC/C=C\C/C=C\C/C=C\C/C=C\CC. The van der Waals surface area contributed by atoms with Gasteiger partial charge >= 0.3 is 17.9 Å². The highest BCUT2D eigenvalue weighted by Gasteiger charge is 2.19. The molecule has 0 N–H and O–H groups in total. The maximum absolute atomic E-state index is 12.9. The van der Waals surface area contributed by atoms with E-state index in [1.807, 2.05) is 12.2 Å². The van der Waals surface area contributed by atoms with Gasteiger partial charge in [-0.1, -0.05) is 223 Å². The number of rotatable bonds is 48. The molecule has 0 aliphatic heterocycles. The van der Waals surface area contributed by atoms with Crippen LogP contribution in [-0.2, 0) is 28.6 Å². The molecule has 6 heteroatoms. The van der Waals surface area contributed by atoms with Crippen molar-refractivity contribution >= 4 is 17.9 Å². The molecule has 0 aromatic carbocycles. The van der Waals surface area contributed by atoms with E-state index in [-0.39, 0.29) is 44.0 Å². The van der Waals surface area contributed by atoms with E-state index in [4.69, 9.17) is 14.2 Å². The molecule has 400 valence electrons. The largest absolute Gasteiger partial charge is 0.462 e. The summed E-state index contributed by atoms with van der Waals surface area (Å²) in [5.41, 5.74) is 0. The lowest BCUT2D eigenvalue weighted by Gasteiger charge is -2.18. The van der Waals surface area contributed by atoms with E-state index in [2.05, 4.69) is 179 Å². The Balaban J connectivity index is 4.61. The van der Waals surface area contributed by atoms with Crippen LogP contribution in [0.4, 0.5) is 0 Å². The average Bonchev–Trinajstić information content (AvgIpc) is 3.38. The minimum Gasteiger partial charge on any atom is -0.462 e. The molecule has 0 saturated heterocycles. The van der Waals surface area contributed by atoms with Crippen LogP contribution in [0.5, 0.6) is 0 Å². The molecule has 0 aliphatic rings. The summed E-state index contributed by atoms with van der Waals surface area (Å²) in [5, 5.41) is 0. The molecule has 0 rings (SSSR count). The zero-order chi connectivity index (χ0) is 52.2. The first kappa shape index (κ1) is 66.8. The number of hydrogen-bond donors (Lipinski definition) is 0. The standard InChI is InChI=1S/C66H100O6/c1-4-7-10-13-16-19-22-25-28-31-33-35-38-41-44-47-50-53-56-59-65(68)71-62-63(61-70-64(67)58-55-52-49-46-43-40-37-30-27-24-21-18-15-12-9-6-3)72-66(69)60-57-54-51-48-45-42-39-36-34-32-29-26-23-20-17-14-11-8-5-2/h7-12,16-21,25-30,33-36,40-41,43-44,49,52,63H,4-6,13-15,22-24,31-32,37-39,42,45-48,50-51,53-62H2,1-3H3/b10-7-,11-8-,12-9-,19-16-,20-17-,21-18-,28-25-,29-26-,30-27-,35-33-,36-34-,43-40-,44-41-,52-49-. The van der Waals surface area contributed by atoms with Crippen molar-refractivity contribution in [2.75, 3.05) is 13.2 Å². The van der Waals surface area contributed by atoms with Gasteiger partial charge in [0, 0.05) is 19.3 Å². The summed E-state index contributed by atoms with van der Waals surface area (Å²) in [6, 6.07) is 0. The van der Waals surface area contributed by atoms with Crippen LogP contribution >= 0.6 is 0 Å². The van der Waals surface area contributed by atoms with Gasteiger partial charge in [0.2, 0.25) is 0 Å². The van der Waals surface area contributed by atoms with Crippen LogP contribution in [-0.4, -0.2) is 37.2 Å². The highest BCUT2D eigenvalue weighted by molar-refractivity contribution is 5.71. The number of ether oxygens (including phenoxy) is 3. The molecule has 0 radical (unpaired) electrons. The number of allylic oxidation sites excluding steroid dienone is 28. The van der Waals surface area contributed by atoms with Gasteiger partial charge in [0.15, 0.2) is 6.10 Å². The quantitative estimate of drug-likeness (QED) is 0.0262. The lowest BCUT2D eigenvalue weighted by molar-refractivity contribution is -0.166. The van der Waals surface area contributed by atoms with Crippen molar-refractivity contribution in [1.29, 1.82) is 0 Å². The lowest BCUT2D eigenvalue weighted by atomic mass is 10.1. The van der Waals surface area contributed by atoms with E-state index in [9.17, 15) is 14.4 Å². The van der Waals surface area contributed by atoms with Crippen molar-refractivity contribution in [1.82, 2.24) is 0 Å². The highest BCUT2D eigenvalue weighted by Crippen LogP contribution is 2.12. The van der Waals surface area contributed by atoms with Crippen molar-refractivity contribution in [2.24, 2.45) is 0 Å². The Morgan fingerprint density at radius 1 is 0.278 bits per heavy atom. The first-order valence-electron chi connectivity index (χ1n) is 28.1. The summed E-state index contributed by atoms with van der Waals surface area (Å²) < 4.78 is 16.7. The number of unbranched alkanes of at least 4 members (excludes halogenated alkanes) is 9. The number of carbonyl (C=O) groups is 3. The molecular formula is C66H100O6. The van der Waals surface area contributed by atoms with Crippen LogP contribution in [0.25, 0.3) is 0 Å². The van der Waals surface area contributed by atoms with Crippen LogP contribution in [0, 0.1) is 0 Å². The van der Waals surface area contributed by atoms with Crippen molar-refractivity contribution < 1.29 is 28.6 Å². The van der Waals surface area contributed by atoms with E-state index in [0.29, 0.717) is 12.8 Å². The summed E-state index contributed by atoms with van der Waals surface area (Å²) in [5.74, 6) is -1.07. The Labute approximate surface area is 441 Å². The molecule has 0 bridgehead atoms. The monoisotopic (exact) mass is 989 g/mol. The first-order valence-corrected chi connectivity index (χ1v) is 28.1. The fraction of sp³-hybridized carbons (Fsp3) is 0.530. The molecule has 1 atom stereocenters. The normalized spacial score (nSPS) is 13.4. The molecule has 1 unspecified atom stereocenters. The third-order valence-electron chi connectivity index (χ3n) is 11.0. The Bertz CT molecular complexity index is 1700. The van der Waals surface area contributed by atoms with E-state index in [1.54, 1.807) is 0 Å². The molecule has 72 heavy (non-hydrogen) atoms. The van der Waals surface area contributed by atoms with E-state index < -0.39 is 6.10 Å². The second-order valence-electron chi connectivity index (χ2n) is 17.7. The molecule has 0 aliphatic carbocycles. The third-order valence-corrected chi connectivity index (χ3v) is 11.0. The van der Waals surface area contributed by atoms with Crippen LogP contribution in [0.2, 0.25) is 0 Å². The van der Waals surface area contributed by atoms with Crippen molar-refractivity contribution in [3.05, 3.63) is 170 Å². The maximum atomic E-state index is 12.9. The van der Waals surface area contributed by atoms with Gasteiger partial charge in [-0.3, -0.25) is 14.4 Å². The maximum Gasteiger partial charge on any atom is 0.306 e. The molecule has 0 heterocycles. The average molecular weight is 990 g/mol. The third kappa shape index (κ3) is 55.7. The number of esters is 3. The molecule has 6 nitrogen and oxygen atoms in total. The molecule has 0 fully saturated rings. The summed E-state index contributed by atoms with van der Waals surface area (Å²) in [4.78, 5) is 38.1. The second kappa shape index (κ2) is 58.3. The van der Waals surface area contributed by atoms with Crippen LogP contribution in [0.15, 0.2) is 170 Å². The Hall–Kier alpha value is -5.23. The van der Waals surface area contributed by atoms with Gasteiger partial charge in [-0.05, 0) is 135 Å². The molecule has 0 saturated carbocycles. The lowest BCUT2D eigenvalue weighted by Crippen LogP contribution is -2.30. The second-order valence-corrected chi connectivity index (χ2v) is 17.7. The number of carbonyl (C=O) groups excluding carboxylic acids is 3. The van der Waals surface area contributed by atoms with Crippen molar-refractivity contribution in [2.45, 2.75) is 213 Å². The van der Waals surface area contributed by atoms with E-state index >= 15 is 0 Å². The molecule has 0 aromatic heterocycles. The minimum atomic E-state index is -0.840. The zero-order valence-electron chi connectivity index (χ0n) is 45.6. The highest BCUT2D eigenvalue weighted by atomic mass is 16.6. The van der Waals surface area contributed by atoms with Crippen LogP contribution in [0.1, 0.15) is 207 Å². The van der Waals surface area contributed by atoms with Gasteiger partial charge in [0.05, 0.1) is 0 Å². The van der Waals surface area contributed by atoms with E-state index in [0.717, 1.165) is 148 Å². The molecule has 0 spiro atoms. The van der Waals surface area contributed by atoms with Gasteiger partial charge in [-0.2, -0.15) is 0 Å². The minimum absolute atomic E-state index is 0.133. The Kier molecular flexibility index (Phi) is 54.1. The molecule has 0 amide bonds. The van der Waals surface area contributed by atoms with Crippen LogP contribution in [0.3, 0.4) is 0 Å². The van der Waals surface area contributed by atoms with Gasteiger partial charge in [0.25, 0.3) is 0 Å². The van der Waals surface area contributed by atoms with Crippen molar-refractivity contribution in [3.63, 3.8) is 0 Å². The summed E-state index contributed by atoms with van der Waals surface area (Å²) in [6.45, 7) is 6.17. The van der Waals surface area contributed by atoms with Crippen molar-refractivity contribution in [3.8, 4) is 0 Å². The fourth-order valence-corrected chi connectivity index (χ4v) is 6.86. The zero-order valence-corrected chi connectivity index (χ0v) is 45.6. The molecular weight excluding hydrogens is 889 g/mol. The summed E-state index contributed by atoms with van der Waals surface area (Å²) >= 11 is 0. The summed E-state index contributed by atoms with van der Waals surface area (Å²) in [6.07, 6.45) is 86.3. The first-order chi connectivity index (χ1) is 35.5. The Morgan fingerprint density at radius 3 is 0.875 bits per heavy atom. The van der Waals surface area contributed by atoms with E-state index in [1.165, 1.54) is 12.8 Å². The van der Waals surface area contributed by atoms with Gasteiger partial charge in [0.1, 0.15) is 13.2 Å². The predicted octanol–water partition coefficient (Wildman–Crippen LogP) is 19.1.